The van der Waals surface area contributed by atoms with Gasteiger partial charge in [-0.3, -0.25) is 0 Å². The number of hydrogen-bond donors (Lipinski definition) is 1. The highest BCUT2D eigenvalue weighted by Gasteiger charge is 2.27. The van der Waals surface area contributed by atoms with Crippen LogP contribution in [0, 0.1) is 0 Å². The van der Waals surface area contributed by atoms with Gasteiger partial charge in [0.25, 0.3) is 0 Å². The van der Waals surface area contributed by atoms with Crippen LogP contribution in [0.5, 0.6) is 0 Å². The number of imidazole rings is 1. The molecule has 0 atom stereocenters. The molecular formula is C19H35N3OSi. The predicted octanol–water partition coefficient (Wildman–Crippen LogP) is 4.32. The predicted molar refractivity (Wildman–Crippen MR) is 102 cm³/mol. The molecule has 136 valence electrons. The van der Waals surface area contributed by atoms with Gasteiger partial charge in [-0.25, -0.2) is 4.98 Å². The summed E-state index contributed by atoms with van der Waals surface area (Å²) in [6.07, 6.45) is 9.93. The van der Waals surface area contributed by atoms with Crippen molar-refractivity contribution in [2.45, 2.75) is 82.8 Å². The van der Waals surface area contributed by atoms with Crippen molar-refractivity contribution in [1.29, 1.82) is 0 Å². The molecule has 0 unspecified atom stereocenters. The summed E-state index contributed by atoms with van der Waals surface area (Å²) in [5, 5.41) is 3.48. The highest BCUT2D eigenvalue weighted by molar-refractivity contribution is 6.76. The molecule has 1 N–H and O–H groups in total. The first-order chi connectivity index (χ1) is 11.5. The SMILES string of the molecule is C[Si](C)(C)CCOCn1c(C2CCNCC2)cnc1C1CCCC1. The van der Waals surface area contributed by atoms with Crippen LogP contribution < -0.4 is 5.32 Å². The highest BCUT2D eigenvalue weighted by Crippen LogP contribution is 2.36. The molecule has 3 rings (SSSR count). The minimum Gasteiger partial charge on any atom is -0.361 e. The number of aromatic nitrogens is 2. The first-order valence-electron chi connectivity index (χ1n) is 9.88. The van der Waals surface area contributed by atoms with Crippen molar-refractivity contribution < 1.29 is 4.74 Å². The van der Waals surface area contributed by atoms with Gasteiger partial charge >= 0.3 is 0 Å². The van der Waals surface area contributed by atoms with Crippen molar-refractivity contribution in [1.82, 2.24) is 14.9 Å². The molecule has 5 heteroatoms. The quantitative estimate of drug-likeness (QED) is 0.588. The van der Waals surface area contributed by atoms with E-state index < -0.39 is 8.07 Å². The van der Waals surface area contributed by atoms with Gasteiger partial charge in [0.2, 0.25) is 0 Å². The molecule has 0 bridgehead atoms. The number of hydrogen-bond acceptors (Lipinski definition) is 3. The van der Waals surface area contributed by atoms with Crippen LogP contribution in [0.1, 0.15) is 61.9 Å². The molecule has 2 aliphatic rings. The molecule has 0 aromatic carbocycles. The molecule has 0 spiro atoms. The summed E-state index contributed by atoms with van der Waals surface area (Å²) in [4.78, 5) is 4.87. The molecule has 1 aliphatic carbocycles. The van der Waals surface area contributed by atoms with Gasteiger partial charge in [0.1, 0.15) is 12.6 Å². The van der Waals surface area contributed by atoms with E-state index in [0.29, 0.717) is 18.6 Å². The summed E-state index contributed by atoms with van der Waals surface area (Å²) in [6, 6.07) is 1.24. The number of piperidine rings is 1. The van der Waals surface area contributed by atoms with Gasteiger partial charge in [-0.05, 0) is 44.8 Å². The van der Waals surface area contributed by atoms with Crippen LogP contribution in [0.4, 0.5) is 0 Å². The van der Waals surface area contributed by atoms with Crippen molar-refractivity contribution >= 4 is 8.07 Å². The first-order valence-corrected chi connectivity index (χ1v) is 13.6. The van der Waals surface area contributed by atoms with E-state index in [4.69, 9.17) is 9.72 Å². The summed E-state index contributed by atoms with van der Waals surface area (Å²) in [5.41, 5.74) is 1.42. The third-order valence-electron chi connectivity index (χ3n) is 5.61. The van der Waals surface area contributed by atoms with E-state index in [1.54, 1.807) is 0 Å². The Morgan fingerprint density at radius 3 is 2.50 bits per heavy atom. The maximum Gasteiger partial charge on any atom is 0.124 e. The Bertz CT molecular complexity index is 511. The van der Waals surface area contributed by atoms with Crippen LogP contribution in [-0.4, -0.2) is 37.3 Å². The van der Waals surface area contributed by atoms with Crippen molar-refractivity contribution in [3.05, 3.63) is 17.7 Å². The van der Waals surface area contributed by atoms with E-state index >= 15 is 0 Å². The molecule has 1 saturated carbocycles. The normalized spacial score (nSPS) is 20.8. The highest BCUT2D eigenvalue weighted by atomic mass is 28.3. The average molecular weight is 350 g/mol. The third-order valence-corrected chi connectivity index (χ3v) is 7.32. The zero-order chi connectivity index (χ0) is 17.0. The number of nitrogens with zero attached hydrogens (tertiary/aromatic N) is 2. The minimum atomic E-state index is -1.02. The van der Waals surface area contributed by atoms with Gasteiger partial charge in [-0.15, -0.1) is 0 Å². The lowest BCUT2D eigenvalue weighted by atomic mass is 9.95. The Morgan fingerprint density at radius 2 is 1.83 bits per heavy atom. The summed E-state index contributed by atoms with van der Waals surface area (Å²) in [6.45, 7) is 11.1. The fourth-order valence-corrected chi connectivity index (χ4v) is 4.79. The first kappa shape index (κ1) is 18.1. The summed E-state index contributed by atoms with van der Waals surface area (Å²) >= 11 is 0. The van der Waals surface area contributed by atoms with Gasteiger partial charge in [-0.2, -0.15) is 0 Å². The lowest BCUT2D eigenvalue weighted by Crippen LogP contribution is -2.28. The maximum atomic E-state index is 6.13. The fourth-order valence-electron chi connectivity index (χ4n) is 4.03. The van der Waals surface area contributed by atoms with E-state index in [-0.39, 0.29) is 0 Å². The lowest BCUT2D eigenvalue weighted by Gasteiger charge is -2.25. The van der Waals surface area contributed by atoms with Gasteiger partial charge in [0.05, 0.1) is 0 Å². The van der Waals surface area contributed by atoms with Crippen LogP contribution in [0.2, 0.25) is 25.7 Å². The fraction of sp³-hybridized carbons (Fsp3) is 0.842. The molecule has 1 aromatic rings. The topological polar surface area (TPSA) is 39.1 Å². The molecule has 1 aromatic heterocycles. The minimum absolute atomic E-state index is 0.648. The summed E-state index contributed by atoms with van der Waals surface area (Å²) in [5.74, 6) is 2.60. The smallest absolute Gasteiger partial charge is 0.124 e. The van der Waals surface area contributed by atoms with Crippen molar-refractivity contribution in [2.24, 2.45) is 0 Å². The van der Waals surface area contributed by atoms with Crippen LogP contribution in [0.25, 0.3) is 0 Å². The van der Waals surface area contributed by atoms with Crippen LogP contribution in [-0.2, 0) is 11.5 Å². The van der Waals surface area contributed by atoms with E-state index in [1.165, 1.54) is 56.1 Å². The van der Waals surface area contributed by atoms with E-state index in [2.05, 4.69) is 35.7 Å². The van der Waals surface area contributed by atoms with Crippen LogP contribution >= 0.6 is 0 Å². The molecule has 2 heterocycles. The molecule has 0 amide bonds. The van der Waals surface area contributed by atoms with Gasteiger partial charge in [-0.1, -0.05) is 32.5 Å². The van der Waals surface area contributed by atoms with Crippen molar-refractivity contribution in [3.63, 3.8) is 0 Å². The molecule has 2 fully saturated rings. The zero-order valence-electron chi connectivity index (χ0n) is 15.8. The van der Waals surface area contributed by atoms with Crippen LogP contribution in [0.15, 0.2) is 6.20 Å². The number of rotatable bonds is 7. The second-order valence-corrected chi connectivity index (χ2v) is 14.4. The second kappa shape index (κ2) is 8.15. The number of ether oxygens (including phenoxy) is 1. The van der Waals surface area contributed by atoms with Crippen molar-refractivity contribution in [2.75, 3.05) is 19.7 Å². The monoisotopic (exact) mass is 349 g/mol. The van der Waals surface area contributed by atoms with E-state index in [9.17, 15) is 0 Å². The Balaban J connectivity index is 1.70. The molecule has 4 nitrogen and oxygen atoms in total. The average Bonchev–Trinajstić information content (AvgIpc) is 3.20. The zero-order valence-corrected chi connectivity index (χ0v) is 16.8. The van der Waals surface area contributed by atoms with Gasteiger partial charge in [0.15, 0.2) is 0 Å². The van der Waals surface area contributed by atoms with Gasteiger partial charge < -0.3 is 14.6 Å². The second-order valence-electron chi connectivity index (χ2n) is 8.82. The Hall–Kier alpha value is -0.653. The molecule has 24 heavy (non-hydrogen) atoms. The Morgan fingerprint density at radius 1 is 1.12 bits per heavy atom. The Labute approximate surface area is 148 Å². The molecular weight excluding hydrogens is 314 g/mol. The van der Waals surface area contributed by atoms with Gasteiger partial charge in [0, 0.05) is 38.4 Å². The Kier molecular flexibility index (Phi) is 6.16. The number of nitrogens with one attached hydrogen (secondary N) is 1. The third kappa shape index (κ3) is 4.70. The largest absolute Gasteiger partial charge is 0.361 e. The van der Waals surface area contributed by atoms with Crippen molar-refractivity contribution in [3.8, 4) is 0 Å². The van der Waals surface area contributed by atoms with Crippen LogP contribution in [0.3, 0.4) is 0 Å². The van der Waals surface area contributed by atoms with E-state index in [1.807, 2.05) is 0 Å². The molecule has 1 aliphatic heterocycles. The molecule has 1 saturated heterocycles. The van der Waals surface area contributed by atoms with E-state index in [0.717, 1.165) is 19.7 Å². The summed E-state index contributed by atoms with van der Waals surface area (Å²) < 4.78 is 8.57. The summed E-state index contributed by atoms with van der Waals surface area (Å²) in [7, 11) is -1.02. The standard InChI is InChI=1S/C19H35N3OSi/c1-24(2,3)13-12-23-15-22-18(16-8-10-20-11-9-16)14-21-19(22)17-6-4-5-7-17/h14,16-17,20H,4-13,15H2,1-3H3. The maximum absolute atomic E-state index is 6.13. The lowest BCUT2D eigenvalue weighted by molar-refractivity contribution is 0.0812. The molecule has 0 radical (unpaired) electrons.